The summed E-state index contributed by atoms with van der Waals surface area (Å²) in [5.41, 5.74) is 0. The van der Waals surface area contributed by atoms with Crippen molar-refractivity contribution in [3.05, 3.63) is 22.2 Å². The quantitative estimate of drug-likeness (QED) is 0.671. The van der Waals surface area contributed by atoms with Gasteiger partial charge in [0, 0.05) is 13.1 Å². The Morgan fingerprint density at radius 3 is 3.00 bits per heavy atom. The molecule has 4 heteroatoms. The molecule has 3 nitrogen and oxygen atoms in total. The van der Waals surface area contributed by atoms with Crippen molar-refractivity contribution in [2.75, 3.05) is 13.1 Å². The van der Waals surface area contributed by atoms with E-state index < -0.39 is 0 Å². The first-order valence-electron chi connectivity index (χ1n) is 4.51. The molecule has 70 valence electrons. The number of nitrogens with zero attached hydrogens (tertiary/aromatic N) is 3. The van der Waals surface area contributed by atoms with Crippen LogP contribution in [0, 0.1) is 6.92 Å². The van der Waals surface area contributed by atoms with Crippen molar-refractivity contribution in [3.63, 3.8) is 0 Å². The van der Waals surface area contributed by atoms with E-state index in [0.717, 1.165) is 36.1 Å². The van der Waals surface area contributed by atoms with Gasteiger partial charge in [0.2, 0.25) is 0 Å². The molecule has 0 atom stereocenters. The third-order valence-corrected chi connectivity index (χ3v) is 2.89. The number of aryl methyl sites for hydroxylation is 1. The molecular weight excluding hydrogens is 182 g/mol. The van der Waals surface area contributed by atoms with E-state index in [1.165, 1.54) is 0 Å². The van der Waals surface area contributed by atoms with Gasteiger partial charge in [-0.05, 0) is 13.3 Å². The lowest BCUT2D eigenvalue weighted by Crippen LogP contribution is -2.26. The topological polar surface area (TPSA) is 29.0 Å². The van der Waals surface area contributed by atoms with Gasteiger partial charge < -0.3 is 0 Å². The fraction of sp³-hybridized carbons (Fsp3) is 0.556. The summed E-state index contributed by atoms with van der Waals surface area (Å²) in [5.74, 6) is 0. The van der Waals surface area contributed by atoms with Gasteiger partial charge in [-0.3, -0.25) is 4.90 Å². The molecule has 1 aliphatic heterocycles. The van der Waals surface area contributed by atoms with Gasteiger partial charge >= 0.3 is 0 Å². The van der Waals surface area contributed by atoms with Crippen LogP contribution in [0.25, 0.3) is 0 Å². The van der Waals surface area contributed by atoms with Gasteiger partial charge in [-0.25, -0.2) is 0 Å². The van der Waals surface area contributed by atoms with Gasteiger partial charge in [0.15, 0.2) is 0 Å². The predicted octanol–water partition coefficient (Wildman–Crippen LogP) is 1.61. The average molecular weight is 195 g/mol. The zero-order valence-corrected chi connectivity index (χ0v) is 8.55. The molecule has 0 radical (unpaired) electrons. The molecule has 0 saturated heterocycles. The van der Waals surface area contributed by atoms with Crippen LogP contribution in [0.5, 0.6) is 0 Å². The molecule has 0 fully saturated rings. The highest BCUT2D eigenvalue weighted by atomic mass is 32.1. The first-order valence-corrected chi connectivity index (χ1v) is 5.32. The van der Waals surface area contributed by atoms with Crippen LogP contribution in [-0.4, -0.2) is 28.2 Å². The Labute approximate surface area is 82.1 Å². The number of hydrogen-bond acceptors (Lipinski definition) is 4. The van der Waals surface area contributed by atoms with Crippen molar-refractivity contribution in [2.24, 2.45) is 0 Å². The molecule has 0 aliphatic carbocycles. The first kappa shape index (κ1) is 8.84. The van der Waals surface area contributed by atoms with Gasteiger partial charge in [0.25, 0.3) is 0 Å². The van der Waals surface area contributed by atoms with Crippen molar-refractivity contribution >= 4 is 11.3 Å². The summed E-state index contributed by atoms with van der Waals surface area (Å²) in [6, 6.07) is 0. The van der Waals surface area contributed by atoms with Crippen LogP contribution in [0.2, 0.25) is 0 Å². The lowest BCUT2D eigenvalue weighted by molar-refractivity contribution is 0.289. The molecule has 0 aromatic carbocycles. The van der Waals surface area contributed by atoms with E-state index >= 15 is 0 Å². The number of hydrogen-bond donors (Lipinski definition) is 0. The Bertz CT molecular complexity index is 306. The molecule has 0 bridgehead atoms. The normalized spacial score (nSPS) is 17.9. The highest BCUT2D eigenvalue weighted by Crippen LogP contribution is 2.12. The molecule has 0 spiro atoms. The van der Waals surface area contributed by atoms with Gasteiger partial charge in [-0.15, -0.1) is 21.5 Å². The second kappa shape index (κ2) is 3.98. The molecule has 1 aromatic heterocycles. The maximum absolute atomic E-state index is 4.11. The summed E-state index contributed by atoms with van der Waals surface area (Å²) in [7, 11) is 0. The predicted molar refractivity (Wildman–Crippen MR) is 53.7 cm³/mol. The van der Waals surface area contributed by atoms with E-state index in [1.807, 2.05) is 6.92 Å². The fourth-order valence-corrected chi connectivity index (χ4v) is 2.18. The van der Waals surface area contributed by atoms with E-state index in [2.05, 4.69) is 27.2 Å². The second-order valence-electron chi connectivity index (χ2n) is 3.21. The van der Waals surface area contributed by atoms with Gasteiger partial charge in [0.1, 0.15) is 10.0 Å². The van der Waals surface area contributed by atoms with Gasteiger partial charge in [-0.2, -0.15) is 0 Å². The number of aromatic nitrogens is 2. The Balaban J connectivity index is 1.94. The zero-order chi connectivity index (χ0) is 9.10. The molecule has 13 heavy (non-hydrogen) atoms. The van der Waals surface area contributed by atoms with Crippen molar-refractivity contribution < 1.29 is 0 Å². The minimum Gasteiger partial charge on any atom is -0.293 e. The molecular formula is C9H13N3S. The summed E-state index contributed by atoms with van der Waals surface area (Å²) in [5, 5.41) is 10.3. The first-order chi connectivity index (χ1) is 6.34. The Morgan fingerprint density at radius 2 is 2.38 bits per heavy atom. The largest absolute Gasteiger partial charge is 0.293 e. The van der Waals surface area contributed by atoms with E-state index in [9.17, 15) is 0 Å². The minimum atomic E-state index is 0.954. The van der Waals surface area contributed by atoms with Crippen LogP contribution in [0.15, 0.2) is 12.2 Å². The maximum atomic E-state index is 4.11. The molecule has 0 N–H and O–H groups in total. The van der Waals surface area contributed by atoms with Crippen LogP contribution >= 0.6 is 11.3 Å². The molecule has 2 rings (SSSR count). The maximum Gasteiger partial charge on any atom is 0.131 e. The zero-order valence-electron chi connectivity index (χ0n) is 7.73. The second-order valence-corrected chi connectivity index (χ2v) is 4.48. The lowest BCUT2D eigenvalue weighted by atomic mass is 10.2. The fourth-order valence-electron chi connectivity index (χ4n) is 1.43. The average Bonchev–Trinajstić information content (AvgIpc) is 2.53. The van der Waals surface area contributed by atoms with Crippen LogP contribution in [-0.2, 0) is 6.54 Å². The summed E-state index contributed by atoms with van der Waals surface area (Å²) in [6.45, 7) is 5.15. The summed E-state index contributed by atoms with van der Waals surface area (Å²) in [6.07, 6.45) is 5.62. The Kier molecular flexibility index (Phi) is 2.71. The van der Waals surface area contributed by atoms with Crippen molar-refractivity contribution in [2.45, 2.75) is 19.9 Å². The monoisotopic (exact) mass is 195 g/mol. The Hall–Kier alpha value is -0.740. The highest BCUT2D eigenvalue weighted by molar-refractivity contribution is 7.11. The molecule has 1 aromatic rings. The molecule has 1 aliphatic rings. The summed E-state index contributed by atoms with van der Waals surface area (Å²) >= 11 is 1.69. The van der Waals surface area contributed by atoms with E-state index in [1.54, 1.807) is 11.3 Å². The van der Waals surface area contributed by atoms with Crippen LogP contribution in [0.4, 0.5) is 0 Å². The standard InChI is InChI=1S/C9H13N3S/c1-8-10-11-9(13-8)7-12-5-3-2-4-6-12/h2-3H,4-7H2,1H3. The van der Waals surface area contributed by atoms with Gasteiger partial charge in [-0.1, -0.05) is 12.2 Å². The van der Waals surface area contributed by atoms with Gasteiger partial charge in [0.05, 0.1) is 6.54 Å². The highest BCUT2D eigenvalue weighted by Gasteiger charge is 2.09. The minimum absolute atomic E-state index is 0.954. The van der Waals surface area contributed by atoms with E-state index in [0.29, 0.717) is 0 Å². The van der Waals surface area contributed by atoms with E-state index in [-0.39, 0.29) is 0 Å². The molecule has 0 amide bonds. The third kappa shape index (κ3) is 2.35. The van der Waals surface area contributed by atoms with Crippen LogP contribution in [0.3, 0.4) is 0 Å². The Morgan fingerprint density at radius 1 is 1.46 bits per heavy atom. The van der Waals surface area contributed by atoms with Crippen LogP contribution in [0.1, 0.15) is 16.4 Å². The molecule has 0 unspecified atom stereocenters. The van der Waals surface area contributed by atoms with Crippen molar-refractivity contribution in [3.8, 4) is 0 Å². The van der Waals surface area contributed by atoms with Crippen LogP contribution < -0.4 is 0 Å². The molecule has 0 saturated carbocycles. The summed E-state index contributed by atoms with van der Waals surface area (Å²) in [4.78, 5) is 2.39. The van der Waals surface area contributed by atoms with Crippen molar-refractivity contribution in [1.29, 1.82) is 0 Å². The van der Waals surface area contributed by atoms with E-state index in [4.69, 9.17) is 0 Å². The third-order valence-electron chi connectivity index (χ3n) is 2.07. The number of rotatable bonds is 2. The molecule has 2 heterocycles. The SMILES string of the molecule is Cc1nnc(CN2CC=CCC2)s1. The lowest BCUT2D eigenvalue weighted by Gasteiger charge is -2.21. The smallest absolute Gasteiger partial charge is 0.131 e. The summed E-state index contributed by atoms with van der Waals surface area (Å²) < 4.78 is 0. The van der Waals surface area contributed by atoms with Crippen molar-refractivity contribution in [1.82, 2.24) is 15.1 Å².